The molecular formula is C13H20ClN3. The lowest BCUT2D eigenvalue weighted by Crippen LogP contribution is -2.23. The van der Waals surface area contributed by atoms with Crippen LogP contribution in [0.4, 0.5) is 5.82 Å². The third-order valence-corrected chi connectivity index (χ3v) is 3.78. The van der Waals surface area contributed by atoms with Gasteiger partial charge in [-0.3, -0.25) is 0 Å². The van der Waals surface area contributed by atoms with Gasteiger partial charge in [0, 0.05) is 17.5 Å². The van der Waals surface area contributed by atoms with Crippen LogP contribution < -0.4 is 5.32 Å². The van der Waals surface area contributed by atoms with E-state index in [0.29, 0.717) is 23.0 Å². The van der Waals surface area contributed by atoms with Crippen LogP contribution in [0, 0.1) is 12.8 Å². The van der Waals surface area contributed by atoms with Crippen molar-refractivity contribution in [3.63, 3.8) is 0 Å². The summed E-state index contributed by atoms with van der Waals surface area (Å²) in [4.78, 5) is 8.97. The van der Waals surface area contributed by atoms with Crippen molar-refractivity contribution in [2.24, 2.45) is 5.92 Å². The average molecular weight is 254 g/mol. The van der Waals surface area contributed by atoms with Crippen molar-refractivity contribution in [3.05, 3.63) is 16.5 Å². The molecule has 0 spiro atoms. The molecule has 94 valence electrons. The minimum atomic E-state index is 0.381. The van der Waals surface area contributed by atoms with E-state index in [2.05, 4.69) is 36.1 Å². The van der Waals surface area contributed by atoms with Crippen LogP contribution in [0.25, 0.3) is 0 Å². The first-order valence-electron chi connectivity index (χ1n) is 6.29. The molecule has 1 aromatic rings. The van der Waals surface area contributed by atoms with Crippen LogP contribution in [0.3, 0.4) is 0 Å². The summed E-state index contributed by atoms with van der Waals surface area (Å²) in [6, 6.07) is 0.381. The molecular weight excluding hydrogens is 234 g/mol. The molecule has 1 atom stereocenters. The van der Waals surface area contributed by atoms with Gasteiger partial charge in [0.15, 0.2) is 0 Å². The Morgan fingerprint density at radius 3 is 2.41 bits per heavy atom. The lowest BCUT2D eigenvalue weighted by molar-refractivity contribution is 0.557. The van der Waals surface area contributed by atoms with Gasteiger partial charge in [0.2, 0.25) is 0 Å². The van der Waals surface area contributed by atoms with Crippen LogP contribution in [0.2, 0.25) is 5.15 Å². The predicted octanol–water partition coefficient (Wildman–Crippen LogP) is 3.77. The van der Waals surface area contributed by atoms with Gasteiger partial charge in [0.05, 0.1) is 0 Å². The van der Waals surface area contributed by atoms with Gasteiger partial charge in [0.1, 0.15) is 16.8 Å². The van der Waals surface area contributed by atoms with Gasteiger partial charge < -0.3 is 5.32 Å². The van der Waals surface area contributed by atoms with Crippen LogP contribution in [0.15, 0.2) is 0 Å². The van der Waals surface area contributed by atoms with Crippen LogP contribution in [0.5, 0.6) is 0 Å². The van der Waals surface area contributed by atoms with Gasteiger partial charge >= 0.3 is 0 Å². The van der Waals surface area contributed by atoms with E-state index in [1.54, 1.807) is 0 Å². The van der Waals surface area contributed by atoms with E-state index in [0.717, 1.165) is 17.2 Å². The molecule has 1 aliphatic rings. The topological polar surface area (TPSA) is 37.8 Å². The Kier molecular flexibility index (Phi) is 3.57. The fraction of sp³-hybridized carbons (Fsp3) is 0.692. The van der Waals surface area contributed by atoms with Crippen LogP contribution in [-0.2, 0) is 0 Å². The van der Waals surface area contributed by atoms with Gasteiger partial charge in [-0.1, -0.05) is 25.4 Å². The standard InChI is InChI=1S/C13H20ClN3/c1-7(2)9(4)15-12-8(3)11(14)16-13(17-12)10-5-6-10/h7,9-10H,5-6H2,1-4H3,(H,15,16,17). The van der Waals surface area contributed by atoms with Gasteiger partial charge in [-0.15, -0.1) is 0 Å². The van der Waals surface area contributed by atoms with Crippen LogP contribution in [-0.4, -0.2) is 16.0 Å². The molecule has 4 heteroatoms. The van der Waals surface area contributed by atoms with Crippen molar-refractivity contribution in [2.45, 2.75) is 52.5 Å². The first-order valence-corrected chi connectivity index (χ1v) is 6.67. The van der Waals surface area contributed by atoms with Gasteiger partial charge in [-0.25, -0.2) is 9.97 Å². The molecule has 1 saturated carbocycles. The fourth-order valence-corrected chi connectivity index (χ4v) is 1.73. The number of hydrogen-bond acceptors (Lipinski definition) is 3. The summed E-state index contributed by atoms with van der Waals surface area (Å²) < 4.78 is 0. The molecule has 1 unspecified atom stereocenters. The number of nitrogens with zero attached hydrogens (tertiary/aromatic N) is 2. The zero-order chi connectivity index (χ0) is 12.6. The summed E-state index contributed by atoms with van der Waals surface area (Å²) in [5, 5.41) is 4.02. The largest absolute Gasteiger partial charge is 0.367 e. The van der Waals surface area contributed by atoms with E-state index in [1.807, 2.05) is 6.92 Å². The molecule has 0 saturated heterocycles. The van der Waals surface area contributed by atoms with Crippen molar-refractivity contribution in [1.29, 1.82) is 0 Å². The Labute approximate surface area is 108 Å². The maximum absolute atomic E-state index is 6.16. The molecule has 17 heavy (non-hydrogen) atoms. The maximum atomic E-state index is 6.16. The zero-order valence-corrected chi connectivity index (χ0v) is 11.7. The molecule has 0 amide bonds. The first kappa shape index (κ1) is 12.6. The first-order chi connectivity index (χ1) is 7.99. The lowest BCUT2D eigenvalue weighted by atomic mass is 10.1. The van der Waals surface area contributed by atoms with Gasteiger partial charge in [0.25, 0.3) is 0 Å². The van der Waals surface area contributed by atoms with Crippen molar-refractivity contribution in [3.8, 4) is 0 Å². The molecule has 1 N–H and O–H groups in total. The fourth-order valence-electron chi connectivity index (χ4n) is 1.55. The highest BCUT2D eigenvalue weighted by atomic mass is 35.5. The summed E-state index contributed by atoms with van der Waals surface area (Å²) in [7, 11) is 0. The summed E-state index contributed by atoms with van der Waals surface area (Å²) >= 11 is 6.16. The Morgan fingerprint density at radius 2 is 1.88 bits per heavy atom. The quantitative estimate of drug-likeness (QED) is 0.830. The Bertz CT molecular complexity index is 413. The van der Waals surface area contributed by atoms with Gasteiger partial charge in [-0.2, -0.15) is 0 Å². The average Bonchev–Trinajstić information content (AvgIpc) is 3.07. The summed E-state index contributed by atoms with van der Waals surface area (Å²) in [5.74, 6) is 2.89. The number of nitrogens with one attached hydrogen (secondary N) is 1. The molecule has 1 aromatic heterocycles. The number of rotatable bonds is 4. The minimum Gasteiger partial charge on any atom is -0.367 e. The van der Waals surface area contributed by atoms with E-state index in [-0.39, 0.29) is 0 Å². The third kappa shape index (κ3) is 2.89. The number of aromatic nitrogens is 2. The maximum Gasteiger partial charge on any atom is 0.137 e. The second-order valence-corrected chi connectivity index (χ2v) is 5.66. The van der Waals surface area contributed by atoms with Crippen molar-refractivity contribution in [1.82, 2.24) is 9.97 Å². The highest BCUT2D eigenvalue weighted by molar-refractivity contribution is 6.30. The summed E-state index contributed by atoms with van der Waals surface area (Å²) in [5.41, 5.74) is 0.948. The van der Waals surface area contributed by atoms with E-state index in [1.165, 1.54) is 12.8 Å². The highest BCUT2D eigenvalue weighted by Gasteiger charge is 2.28. The van der Waals surface area contributed by atoms with Gasteiger partial charge in [-0.05, 0) is 32.6 Å². The normalized spacial score (nSPS) is 17.3. The molecule has 0 radical (unpaired) electrons. The Hall–Kier alpha value is -0.830. The van der Waals surface area contributed by atoms with E-state index in [9.17, 15) is 0 Å². The van der Waals surface area contributed by atoms with E-state index >= 15 is 0 Å². The zero-order valence-electron chi connectivity index (χ0n) is 10.9. The molecule has 1 heterocycles. The molecule has 0 aliphatic heterocycles. The Morgan fingerprint density at radius 1 is 1.24 bits per heavy atom. The molecule has 1 aliphatic carbocycles. The SMILES string of the molecule is Cc1c(Cl)nc(C2CC2)nc1NC(C)C(C)C. The van der Waals surface area contributed by atoms with Crippen LogP contribution in [0.1, 0.15) is 50.9 Å². The third-order valence-electron chi connectivity index (χ3n) is 3.41. The Balaban J connectivity index is 2.25. The monoisotopic (exact) mass is 253 g/mol. The van der Waals surface area contributed by atoms with E-state index < -0.39 is 0 Å². The van der Waals surface area contributed by atoms with E-state index in [4.69, 9.17) is 11.6 Å². The minimum absolute atomic E-state index is 0.381. The molecule has 0 bridgehead atoms. The predicted molar refractivity (Wildman–Crippen MR) is 71.7 cm³/mol. The summed E-state index contributed by atoms with van der Waals surface area (Å²) in [6.07, 6.45) is 2.39. The molecule has 3 nitrogen and oxygen atoms in total. The number of halogens is 1. The molecule has 0 aromatic carbocycles. The number of anilines is 1. The smallest absolute Gasteiger partial charge is 0.137 e. The second kappa shape index (κ2) is 4.81. The van der Waals surface area contributed by atoms with Crippen molar-refractivity contribution >= 4 is 17.4 Å². The summed E-state index contributed by atoms with van der Waals surface area (Å²) in [6.45, 7) is 8.51. The molecule has 2 rings (SSSR count). The van der Waals surface area contributed by atoms with Crippen molar-refractivity contribution in [2.75, 3.05) is 5.32 Å². The highest BCUT2D eigenvalue weighted by Crippen LogP contribution is 2.39. The number of hydrogen-bond donors (Lipinski definition) is 1. The van der Waals surface area contributed by atoms with Crippen molar-refractivity contribution < 1.29 is 0 Å². The second-order valence-electron chi connectivity index (χ2n) is 5.30. The molecule has 1 fully saturated rings. The van der Waals surface area contributed by atoms with Crippen LogP contribution >= 0.6 is 11.6 Å². The lowest BCUT2D eigenvalue weighted by Gasteiger charge is -2.20.